The Morgan fingerprint density at radius 3 is 2.58 bits per heavy atom. The molecule has 0 fully saturated rings. The molecule has 128 valence electrons. The molecule has 1 heterocycles. The third-order valence-corrected chi connectivity index (χ3v) is 6.41. The van der Waals surface area contributed by atoms with Gasteiger partial charge in [-0.15, -0.1) is 11.8 Å². The molecular formula is C21H27NOS. The molecule has 2 aromatic carbocycles. The van der Waals surface area contributed by atoms with Gasteiger partial charge in [-0.25, -0.2) is 0 Å². The summed E-state index contributed by atoms with van der Waals surface area (Å²) < 4.78 is 0. The summed E-state index contributed by atoms with van der Waals surface area (Å²) in [7, 11) is 0. The van der Waals surface area contributed by atoms with E-state index in [4.69, 9.17) is 0 Å². The molecule has 0 spiro atoms. The van der Waals surface area contributed by atoms with Crippen molar-refractivity contribution in [2.24, 2.45) is 0 Å². The van der Waals surface area contributed by atoms with Crippen LogP contribution in [0, 0.1) is 0 Å². The van der Waals surface area contributed by atoms with Crippen LogP contribution < -0.4 is 5.32 Å². The largest absolute Gasteiger partial charge is 0.393 e. The first kappa shape index (κ1) is 17.5. The van der Waals surface area contributed by atoms with Gasteiger partial charge in [-0.3, -0.25) is 5.32 Å². The summed E-state index contributed by atoms with van der Waals surface area (Å²) in [6.07, 6.45) is 2.63. The number of fused-ring (bicyclic) bond motifs is 1. The van der Waals surface area contributed by atoms with Crippen molar-refractivity contribution in [2.75, 3.05) is 5.75 Å². The Bertz CT molecular complexity index is 658. The highest BCUT2D eigenvalue weighted by Gasteiger charge is 2.35. The molecule has 0 amide bonds. The van der Waals surface area contributed by atoms with E-state index >= 15 is 0 Å². The molecule has 3 atom stereocenters. The number of aliphatic hydroxyl groups is 1. The van der Waals surface area contributed by atoms with E-state index in [9.17, 15) is 5.11 Å². The second kappa shape index (κ2) is 7.73. The molecule has 1 unspecified atom stereocenters. The molecule has 2 N–H and O–H groups in total. The Hall–Kier alpha value is -1.29. The molecule has 24 heavy (non-hydrogen) atoms. The van der Waals surface area contributed by atoms with E-state index < -0.39 is 0 Å². The molecule has 0 saturated heterocycles. The fourth-order valence-corrected chi connectivity index (χ4v) is 4.80. The average Bonchev–Trinajstić information content (AvgIpc) is 2.79. The molecule has 3 heteroatoms. The molecule has 0 saturated carbocycles. The van der Waals surface area contributed by atoms with Gasteiger partial charge in [-0.05, 0) is 43.4 Å². The van der Waals surface area contributed by atoms with Crippen LogP contribution in [0.2, 0.25) is 0 Å². The topological polar surface area (TPSA) is 32.3 Å². The quantitative estimate of drug-likeness (QED) is 0.821. The minimum atomic E-state index is -0.249. The number of aliphatic hydroxyl groups excluding tert-OH is 1. The second-order valence-corrected chi connectivity index (χ2v) is 7.85. The lowest BCUT2D eigenvalue weighted by molar-refractivity contribution is 0.161. The second-order valence-electron chi connectivity index (χ2n) is 6.84. The van der Waals surface area contributed by atoms with Gasteiger partial charge in [0.2, 0.25) is 0 Å². The monoisotopic (exact) mass is 341 g/mol. The maximum atomic E-state index is 9.79. The minimum absolute atomic E-state index is 0.0428. The zero-order chi connectivity index (χ0) is 17.0. The van der Waals surface area contributed by atoms with Crippen LogP contribution in [0.1, 0.15) is 50.3 Å². The van der Waals surface area contributed by atoms with Crippen LogP contribution in [0.15, 0.2) is 59.5 Å². The maximum Gasteiger partial charge on any atom is 0.0592 e. The van der Waals surface area contributed by atoms with Gasteiger partial charge in [-0.1, -0.05) is 55.5 Å². The maximum absolute atomic E-state index is 9.79. The lowest BCUT2D eigenvalue weighted by Crippen LogP contribution is -2.48. The molecule has 3 rings (SSSR count). The first-order chi connectivity index (χ1) is 11.6. The third kappa shape index (κ3) is 3.85. The zero-order valence-corrected chi connectivity index (χ0v) is 15.4. The number of benzene rings is 2. The van der Waals surface area contributed by atoms with Gasteiger partial charge in [0.15, 0.2) is 0 Å². The van der Waals surface area contributed by atoms with Gasteiger partial charge in [0.05, 0.1) is 12.1 Å². The molecule has 1 aliphatic heterocycles. The summed E-state index contributed by atoms with van der Waals surface area (Å²) in [5.74, 6) is 1.04. The standard InChI is InChI=1S/C21H27NOS/c1-3-21(14-13-16(2)23)15-24-19-12-8-7-11-18(19)20(22-21)17-9-5-4-6-10-17/h4-12,16,20,22-23H,3,13-15H2,1-2H3/t16?,20-,21+/m1/s1. The van der Waals surface area contributed by atoms with E-state index in [0.717, 1.165) is 25.0 Å². The lowest BCUT2D eigenvalue weighted by Gasteiger charge is -2.36. The Labute approximate surface area is 149 Å². The van der Waals surface area contributed by atoms with Crippen LogP contribution in [-0.4, -0.2) is 22.5 Å². The summed E-state index contributed by atoms with van der Waals surface area (Å²) in [5.41, 5.74) is 2.71. The van der Waals surface area contributed by atoms with Crippen LogP contribution in [0.5, 0.6) is 0 Å². The van der Waals surface area contributed by atoms with E-state index in [1.165, 1.54) is 16.0 Å². The van der Waals surface area contributed by atoms with Crippen molar-refractivity contribution in [3.8, 4) is 0 Å². The van der Waals surface area contributed by atoms with Crippen molar-refractivity contribution >= 4 is 11.8 Å². The van der Waals surface area contributed by atoms with Gasteiger partial charge < -0.3 is 5.11 Å². The zero-order valence-electron chi connectivity index (χ0n) is 14.5. The Kier molecular flexibility index (Phi) is 5.65. The van der Waals surface area contributed by atoms with E-state index in [1.54, 1.807) is 0 Å². The van der Waals surface area contributed by atoms with E-state index in [2.05, 4.69) is 66.8 Å². The van der Waals surface area contributed by atoms with Crippen molar-refractivity contribution in [3.05, 3.63) is 65.7 Å². The average molecular weight is 342 g/mol. The van der Waals surface area contributed by atoms with Crippen molar-refractivity contribution in [3.63, 3.8) is 0 Å². The fourth-order valence-electron chi connectivity index (χ4n) is 3.41. The SMILES string of the molecule is CC[C@]1(CCC(C)O)CSc2ccccc2[C@@H](c2ccccc2)N1. The van der Waals surface area contributed by atoms with Crippen LogP contribution in [0.3, 0.4) is 0 Å². The summed E-state index contributed by atoms with van der Waals surface area (Å²) >= 11 is 1.95. The van der Waals surface area contributed by atoms with Crippen molar-refractivity contribution in [1.82, 2.24) is 5.32 Å². The van der Waals surface area contributed by atoms with Crippen LogP contribution >= 0.6 is 11.8 Å². The van der Waals surface area contributed by atoms with Gasteiger partial charge >= 0.3 is 0 Å². The number of rotatable bonds is 5. The summed E-state index contributed by atoms with van der Waals surface area (Å²) in [5, 5.41) is 13.8. The highest BCUT2D eigenvalue weighted by molar-refractivity contribution is 7.99. The number of hydrogen-bond acceptors (Lipinski definition) is 3. The number of thioether (sulfide) groups is 1. The highest BCUT2D eigenvalue weighted by Crippen LogP contribution is 2.40. The lowest BCUT2D eigenvalue weighted by atomic mass is 9.87. The van der Waals surface area contributed by atoms with Crippen molar-refractivity contribution in [2.45, 2.75) is 55.7 Å². The fraction of sp³-hybridized carbons (Fsp3) is 0.429. The van der Waals surface area contributed by atoms with Crippen LogP contribution in [0.4, 0.5) is 0 Å². The smallest absolute Gasteiger partial charge is 0.0592 e. The summed E-state index contributed by atoms with van der Waals surface area (Å²) in [6.45, 7) is 4.14. The molecule has 2 aromatic rings. The molecule has 1 aliphatic rings. The minimum Gasteiger partial charge on any atom is -0.393 e. The molecule has 0 bridgehead atoms. The van der Waals surface area contributed by atoms with Crippen LogP contribution in [-0.2, 0) is 0 Å². The number of hydrogen-bond donors (Lipinski definition) is 2. The predicted molar refractivity (Wildman–Crippen MR) is 103 cm³/mol. The number of nitrogens with one attached hydrogen (secondary N) is 1. The normalized spacial score (nSPS) is 24.9. The van der Waals surface area contributed by atoms with E-state index in [-0.39, 0.29) is 17.7 Å². The Morgan fingerprint density at radius 2 is 1.88 bits per heavy atom. The molecule has 2 nitrogen and oxygen atoms in total. The van der Waals surface area contributed by atoms with Crippen LogP contribution in [0.25, 0.3) is 0 Å². The molecule has 0 radical (unpaired) electrons. The highest BCUT2D eigenvalue weighted by atomic mass is 32.2. The van der Waals surface area contributed by atoms with Gasteiger partial charge in [0.1, 0.15) is 0 Å². The first-order valence-corrected chi connectivity index (χ1v) is 9.84. The van der Waals surface area contributed by atoms with Gasteiger partial charge in [-0.2, -0.15) is 0 Å². The van der Waals surface area contributed by atoms with Crippen molar-refractivity contribution < 1.29 is 5.11 Å². The first-order valence-electron chi connectivity index (χ1n) is 8.86. The summed E-state index contributed by atoms with van der Waals surface area (Å²) in [6, 6.07) is 19.6. The third-order valence-electron chi connectivity index (χ3n) is 5.03. The van der Waals surface area contributed by atoms with E-state index in [1.807, 2.05) is 18.7 Å². The van der Waals surface area contributed by atoms with Crippen molar-refractivity contribution in [1.29, 1.82) is 0 Å². The molecule has 0 aromatic heterocycles. The Morgan fingerprint density at radius 1 is 1.17 bits per heavy atom. The Balaban J connectivity index is 1.99. The van der Waals surface area contributed by atoms with Gasteiger partial charge in [0, 0.05) is 16.2 Å². The predicted octanol–water partition coefficient (Wildman–Crippen LogP) is 4.78. The van der Waals surface area contributed by atoms with E-state index in [0.29, 0.717) is 0 Å². The molecule has 0 aliphatic carbocycles. The molecular weight excluding hydrogens is 314 g/mol. The van der Waals surface area contributed by atoms with Gasteiger partial charge in [0.25, 0.3) is 0 Å². The summed E-state index contributed by atoms with van der Waals surface area (Å²) in [4.78, 5) is 1.37.